The molecule has 4 rings (SSSR count). The minimum absolute atomic E-state index is 0.0929. The molecule has 0 amide bonds. The van der Waals surface area contributed by atoms with Crippen molar-refractivity contribution in [3.8, 4) is 5.69 Å². The van der Waals surface area contributed by atoms with Gasteiger partial charge in [-0.05, 0) is 47.7 Å². The summed E-state index contributed by atoms with van der Waals surface area (Å²) in [5.74, 6) is -1.22. The summed E-state index contributed by atoms with van der Waals surface area (Å²) in [4.78, 5) is 4.57. The molecule has 0 aliphatic heterocycles. The van der Waals surface area contributed by atoms with Crippen LogP contribution in [0.15, 0.2) is 79.1 Å². The van der Waals surface area contributed by atoms with Crippen LogP contribution in [-0.4, -0.2) is 9.55 Å². The molecule has 1 heterocycles. The Morgan fingerprint density at radius 1 is 0.750 bits per heavy atom. The van der Waals surface area contributed by atoms with Crippen molar-refractivity contribution in [1.82, 2.24) is 9.55 Å². The van der Waals surface area contributed by atoms with Crippen molar-refractivity contribution in [2.45, 2.75) is 13.8 Å². The fraction of sp³-hybridized carbons (Fsp3) is 0.0870. The van der Waals surface area contributed by atoms with Gasteiger partial charge in [0.05, 0.1) is 0 Å². The highest BCUT2D eigenvalue weighted by atomic mass is 31.1. The molecule has 0 unspecified atom stereocenters. The van der Waals surface area contributed by atoms with E-state index in [4.69, 9.17) is 0 Å². The highest BCUT2D eigenvalue weighted by Gasteiger charge is 2.26. The topological polar surface area (TPSA) is 17.8 Å². The number of aromatic nitrogens is 2. The van der Waals surface area contributed by atoms with Crippen LogP contribution in [0.3, 0.4) is 0 Å². The zero-order valence-corrected chi connectivity index (χ0v) is 16.5. The number of rotatable bonds is 4. The van der Waals surface area contributed by atoms with E-state index in [2.05, 4.69) is 43.1 Å². The average molecular weight is 392 g/mol. The van der Waals surface area contributed by atoms with Crippen molar-refractivity contribution in [2.75, 3.05) is 0 Å². The molecule has 140 valence electrons. The van der Waals surface area contributed by atoms with Gasteiger partial charge in [0.2, 0.25) is 0 Å². The van der Waals surface area contributed by atoms with E-state index in [1.807, 2.05) is 24.3 Å². The molecule has 4 aromatic rings. The number of benzene rings is 3. The maximum Gasteiger partial charge on any atom is 0.150 e. The van der Waals surface area contributed by atoms with Gasteiger partial charge >= 0.3 is 0 Å². The maximum atomic E-state index is 14.5. The van der Waals surface area contributed by atoms with Crippen LogP contribution in [0.4, 0.5) is 8.78 Å². The molecule has 3 aromatic carbocycles. The molecule has 28 heavy (non-hydrogen) atoms. The molecular formula is C23H19F2N2P. The third-order valence-corrected chi connectivity index (χ3v) is 7.41. The van der Waals surface area contributed by atoms with Gasteiger partial charge in [-0.3, -0.25) is 4.57 Å². The monoisotopic (exact) mass is 392 g/mol. The number of halogens is 2. The summed E-state index contributed by atoms with van der Waals surface area (Å²) >= 11 is 0. The lowest BCUT2D eigenvalue weighted by Gasteiger charge is -2.23. The predicted octanol–water partition coefficient (Wildman–Crippen LogP) is 4.53. The smallest absolute Gasteiger partial charge is 0.150 e. The largest absolute Gasteiger partial charge is 0.294 e. The standard InChI is InChI=1S/C23H19F2N2P/c1-16-8-3-5-12-20(16)28(21-13-6-4-9-17(21)2)23-26-14-15-27(23)22-18(24)10-7-11-19(22)25/h3-15H,1-2H3. The highest BCUT2D eigenvalue weighted by molar-refractivity contribution is 7.79. The number of aryl methyl sites for hydroxylation is 2. The first kappa shape index (κ1) is 18.5. The Labute approximate surface area is 164 Å². The van der Waals surface area contributed by atoms with E-state index in [1.165, 1.54) is 18.2 Å². The van der Waals surface area contributed by atoms with Crippen LogP contribution in [0.2, 0.25) is 0 Å². The summed E-state index contributed by atoms with van der Waals surface area (Å²) in [6.45, 7) is 4.11. The van der Waals surface area contributed by atoms with Gasteiger partial charge in [0.15, 0.2) is 0 Å². The van der Waals surface area contributed by atoms with E-state index in [0.717, 1.165) is 21.7 Å². The van der Waals surface area contributed by atoms with Gasteiger partial charge in [-0.1, -0.05) is 54.6 Å². The lowest BCUT2D eigenvalue weighted by atomic mass is 10.2. The van der Waals surface area contributed by atoms with Crippen LogP contribution in [0, 0.1) is 25.5 Å². The van der Waals surface area contributed by atoms with Crippen LogP contribution in [0.1, 0.15) is 11.1 Å². The Hall–Kier alpha value is -2.84. The average Bonchev–Trinajstić information content (AvgIpc) is 3.14. The number of hydrogen-bond acceptors (Lipinski definition) is 1. The minimum Gasteiger partial charge on any atom is -0.294 e. The van der Waals surface area contributed by atoms with Crippen LogP contribution >= 0.6 is 7.92 Å². The van der Waals surface area contributed by atoms with Crippen molar-refractivity contribution < 1.29 is 8.78 Å². The quantitative estimate of drug-likeness (QED) is 0.467. The molecule has 0 bridgehead atoms. The van der Waals surface area contributed by atoms with Gasteiger partial charge in [0, 0.05) is 20.3 Å². The highest BCUT2D eigenvalue weighted by Crippen LogP contribution is 2.35. The zero-order chi connectivity index (χ0) is 19.7. The van der Waals surface area contributed by atoms with E-state index in [9.17, 15) is 8.78 Å². The molecule has 0 radical (unpaired) electrons. The molecule has 0 saturated heterocycles. The number of imidazole rings is 1. The van der Waals surface area contributed by atoms with Crippen molar-refractivity contribution in [3.63, 3.8) is 0 Å². The van der Waals surface area contributed by atoms with E-state index in [1.54, 1.807) is 17.0 Å². The van der Waals surface area contributed by atoms with Crippen LogP contribution in [0.5, 0.6) is 0 Å². The Morgan fingerprint density at radius 3 is 1.82 bits per heavy atom. The first-order chi connectivity index (χ1) is 13.6. The summed E-state index contributed by atoms with van der Waals surface area (Å²) in [6, 6.07) is 20.1. The second-order valence-electron chi connectivity index (χ2n) is 6.58. The summed E-state index contributed by atoms with van der Waals surface area (Å²) in [5, 5.41) is 2.24. The first-order valence-corrected chi connectivity index (χ1v) is 10.3. The molecule has 5 heteroatoms. The van der Waals surface area contributed by atoms with Gasteiger partial charge < -0.3 is 0 Å². The van der Waals surface area contributed by atoms with E-state index in [0.29, 0.717) is 5.57 Å². The fourth-order valence-electron chi connectivity index (χ4n) is 3.33. The van der Waals surface area contributed by atoms with Gasteiger partial charge in [0.25, 0.3) is 0 Å². The second kappa shape index (κ2) is 7.65. The Morgan fingerprint density at radius 2 is 1.29 bits per heavy atom. The second-order valence-corrected chi connectivity index (χ2v) is 8.61. The molecule has 0 aliphatic carbocycles. The maximum absolute atomic E-state index is 14.5. The lowest BCUT2D eigenvalue weighted by Crippen LogP contribution is -2.30. The minimum atomic E-state index is -1.10. The SMILES string of the molecule is Cc1ccccc1P(c1ccccc1C)c1nccn1-c1c(F)cccc1F. The number of para-hydroxylation sites is 1. The van der Waals surface area contributed by atoms with E-state index in [-0.39, 0.29) is 5.69 Å². The van der Waals surface area contributed by atoms with Crippen molar-refractivity contribution in [3.05, 3.63) is 102 Å². The molecule has 0 N–H and O–H groups in total. The molecule has 0 aliphatic rings. The predicted molar refractivity (Wildman–Crippen MR) is 112 cm³/mol. The molecule has 0 saturated carbocycles. The van der Waals surface area contributed by atoms with Crippen molar-refractivity contribution >= 4 is 24.1 Å². The van der Waals surface area contributed by atoms with E-state index < -0.39 is 19.6 Å². The fourth-order valence-corrected chi connectivity index (χ4v) is 5.91. The Kier molecular flexibility index (Phi) is 5.06. The molecule has 1 aromatic heterocycles. The first-order valence-electron chi connectivity index (χ1n) is 8.97. The number of hydrogen-bond donors (Lipinski definition) is 0. The summed E-state index contributed by atoms with van der Waals surface area (Å²) in [6.07, 6.45) is 3.23. The van der Waals surface area contributed by atoms with Crippen LogP contribution in [-0.2, 0) is 0 Å². The molecule has 0 spiro atoms. The van der Waals surface area contributed by atoms with Gasteiger partial charge in [-0.25, -0.2) is 13.8 Å². The molecule has 0 fully saturated rings. The Bertz CT molecular complexity index is 1070. The summed E-state index contributed by atoms with van der Waals surface area (Å²) in [7, 11) is -1.10. The lowest BCUT2D eigenvalue weighted by molar-refractivity contribution is 0.571. The summed E-state index contributed by atoms with van der Waals surface area (Å²) < 4.78 is 30.6. The van der Waals surface area contributed by atoms with Gasteiger partial charge in [0.1, 0.15) is 22.9 Å². The van der Waals surface area contributed by atoms with Crippen LogP contribution < -0.4 is 16.2 Å². The van der Waals surface area contributed by atoms with Crippen LogP contribution in [0.25, 0.3) is 5.69 Å². The third kappa shape index (κ3) is 3.25. The zero-order valence-electron chi connectivity index (χ0n) is 15.6. The van der Waals surface area contributed by atoms with Crippen molar-refractivity contribution in [2.24, 2.45) is 0 Å². The van der Waals surface area contributed by atoms with Crippen molar-refractivity contribution in [1.29, 1.82) is 0 Å². The van der Waals surface area contributed by atoms with Gasteiger partial charge in [-0.2, -0.15) is 0 Å². The third-order valence-electron chi connectivity index (χ3n) is 4.71. The Balaban J connectivity index is 2.00. The van der Waals surface area contributed by atoms with E-state index >= 15 is 0 Å². The number of nitrogens with zero attached hydrogens (tertiary/aromatic N) is 2. The normalized spacial score (nSPS) is 11.2. The molecular weight excluding hydrogens is 373 g/mol. The summed E-state index contributed by atoms with van der Waals surface area (Å²) in [5.41, 5.74) is 2.80. The molecule has 0 atom stereocenters. The van der Waals surface area contributed by atoms with Gasteiger partial charge in [-0.15, -0.1) is 0 Å². The molecule has 2 nitrogen and oxygen atoms in total.